The standard InChI is InChI=1S/C12H13N3OS/c16-9-5-1-2-6-10(9)17-12-14-13-11-7-3-4-8-15(11)12/h3-4,7-8,10H,1-2,5-6H2. The van der Waals surface area contributed by atoms with Gasteiger partial charge in [-0.3, -0.25) is 9.20 Å². The van der Waals surface area contributed by atoms with Gasteiger partial charge in [0.1, 0.15) is 5.78 Å². The predicted octanol–water partition coefficient (Wildman–Crippen LogP) is 2.33. The molecule has 2 aromatic heterocycles. The van der Waals surface area contributed by atoms with Gasteiger partial charge in [-0.05, 0) is 25.0 Å². The summed E-state index contributed by atoms with van der Waals surface area (Å²) in [4.78, 5) is 11.8. The third-order valence-electron chi connectivity index (χ3n) is 3.03. The Morgan fingerprint density at radius 3 is 3.12 bits per heavy atom. The van der Waals surface area contributed by atoms with E-state index in [0.717, 1.165) is 30.1 Å². The van der Waals surface area contributed by atoms with Crippen molar-refractivity contribution in [1.29, 1.82) is 0 Å². The first-order valence-electron chi connectivity index (χ1n) is 5.84. The van der Waals surface area contributed by atoms with Crippen LogP contribution < -0.4 is 0 Å². The number of ketones is 1. The molecule has 1 atom stereocenters. The van der Waals surface area contributed by atoms with Crippen LogP contribution in [0.2, 0.25) is 0 Å². The molecule has 0 radical (unpaired) electrons. The third-order valence-corrected chi connectivity index (χ3v) is 4.30. The van der Waals surface area contributed by atoms with E-state index in [1.165, 1.54) is 0 Å². The zero-order valence-corrected chi connectivity index (χ0v) is 10.2. The Labute approximate surface area is 103 Å². The Morgan fingerprint density at radius 1 is 1.29 bits per heavy atom. The first-order valence-corrected chi connectivity index (χ1v) is 6.72. The maximum absolute atomic E-state index is 11.8. The Bertz CT molecular complexity index is 551. The van der Waals surface area contributed by atoms with E-state index < -0.39 is 0 Å². The second kappa shape index (κ2) is 4.49. The summed E-state index contributed by atoms with van der Waals surface area (Å²) in [5, 5.41) is 9.12. The molecule has 0 saturated heterocycles. The quantitative estimate of drug-likeness (QED) is 0.817. The molecule has 88 valence electrons. The first kappa shape index (κ1) is 10.8. The number of carbonyl (C=O) groups is 1. The van der Waals surface area contributed by atoms with E-state index in [2.05, 4.69) is 10.2 Å². The lowest BCUT2D eigenvalue weighted by atomic mass is 9.99. The number of rotatable bonds is 2. The number of nitrogens with zero attached hydrogens (tertiary/aromatic N) is 3. The highest BCUT2D eigenvalue weighted by molar-refractivity contribution is 8.00. The Balaban J connectivity index is 1.87. The minimum absolute atomic E-state index is 0.0661. The van der Waals surface area contributed by atoms with Crippen molar-refractivity contribution in [3.8, 4) is 0 Å². The molecule has 0 bridgehead atoms. The van der Waals surface area contributed by atoms with Gasteiger partial charge in [0.25, 0.3) is 0 Å². The van der Waals surface area contributed by atoms with E-state index in [9.17, 15) is 4.79 Å². The van der Waals surface area contributed by atoms with Crippen LogP contribution in [0.15, 0.2) is 29.6 Å². The van der Waals surface area contributed by atoms with Crippen molar-refractivity contribution < 1.29 is 4.79 Å². The smallest absolute Gasteiger partial charge is 0.196 e. The molecule has 17 heavy (non-hydrogen) atoms. The molecular weight excluding hydrogens is 234 g/mol. The van der Waals surface area contributed by atoms with Gasteiger partial charge >= 0.3 is 0 Å². The van der Waals surface area contributed by atoms with Crippen LogP contribution in [0.1, 0.15) is 25.7 Å². The molecule has 1 aliphatic carbocycles. The number of hydrogen-bond acceptors (Lipinski definition) is 4. The second-order valence-corrected chi connectivity index (χ2v) is 5.40. The van der Waals surface area contributed by atoms with E-state index in [1.807, 2.05) is 28.8 Å². The number of fused-ring (bicyclic) bond motifs is 1. The van der Waals surface area contributed by atoms with Crippen LogP contribution in [0.4, 0.5) is 0 Å². The first-order chi connectivity index (χ1) is 8.34. The monoisotopic (exact) mass is 247 g/mol. The van der Waals surface area contributed by atoms with Gasteiger partial charge in [0.05, 0.1) is 5.25 Å². The van der Waals surface area contributed by atoms with Crippen molar-refractivity contribution in [3.05, 3.63) is 24.4 Å². The molecule has 0 aromatic carbocycles. The highest BCUT2D eigenvalue weighted by Crippen LogP contribution is 2.30. The van der Waals surface area contributed by atoms with Crippen molar-refractivity contribution in [2.75, 3.05) is 0 Å². The molecule has 0 spiro atoms. The molecule has 0 N–H and O–H groups in total. The van der Waals surface area contributed by atoms with E-state index in [0.29, 0.717) is 12.2 Å². The Hall–Kier alpha value is -1.36. The second-order valence-electron chi connectivity index (χ2n) is 4.23. The molecule has 1 fully saturated rings. The molecule has 2 aromatic rings. The fourth-order valence-corrected chi connectivity index (χ4v) is 3.25. The van der Waals surface area contributed by atoms with Gasteiger partial charge in [-0.15, -0.1) is 10.2 Å². The molecule has 5 heteroatoms. The van der Waals surface area contributed by atoms with Crippen LogP contribution in [-0.4, -0.2) is 25.6 Å². The molecule has 0 amide bonds. The summed E-state index contributed by atoms with van der Waals surface area (Å²) < 4.78 is 1.94. The average Bonchev–Trinajstić information content (AvgIpc) is 2.76. The van der Waals surface area contributed by atoms with Gasteiger partial charge < -0.3 is 0 Å². The van der Waals surface area contributed by atoms with E-state index in [1.54, 1.807) is 11.8 Å². The van der Waals surface area contributed by atoms with Crippen molar-refractivity contribution in [2.45, 2.75) is 36.1 Å². The van der Waals surface area contributed by atoms with E-state index in [-0.39, 0.29) is 5.25 Å². The van der Waals surface area contributed by atoms with Crippen LogP contribution in [0.5, 0.6) is 0 Å². The molecule has 1 unspecified atom stereocenters. The lowest BCUT2D eigenvalue weighted by Crippen LogP contribution is -2.21. The average molecular weight is 247 g/mol. The molecule has 0 aliphatic heterocycles. The molecule has 2 heterocycles. The number of thioether (sulfide) groups is 1. The summed E-state index contributed by atoms with van der Waals surface area (Å²) in [7, 11) is 0. The predicted molar refractivity (Wildman–Crippen MR) is 66.1 cm³/mol. The van der Waals surface area contributed by atoms with Crippen LogP contribution in [0.3, 0.4) is 0 Å². The molecule has 3 rings (SSSR count). The van der Waals surface area contributed by atoms with Gasteiger partial charge in [-0.25, -0.2) is 0 Å². The SMILES string of the molecule is O=C1CCCCC1Sc1nnc2ccccn12. The normalized spacial score (nSPS) is 20.9. The van der Waals surface area contributed by atoms with Gasteiger partial charge in [-0.1, -0.05) is 24.2 Å². The van der Waals surface area contributed by atoms with Crippen LogP contribution >= 0.6 is 11.8 Å². The Kier molecular flexibility index (Phi) is 2.84. The van der Waals surface area contributed by atoms with Crippen molar-refractivity contribution >= 4 is 23.2 Å². The maximum atomic E-state index is 11.8. The van der Waals surface area contributed by atoms with Crippen LogP contribution in [0, 0.1) is 0 Å². The topological polar surface area (TPSA) is 47.3 Å². The summed E-state index contributed by atoms with van der Waals surface area (Å²) >= 11 is 1.55. The van der Waals surface area contributed by atoms with Gasteiger partial charge in [-0.2, -0.15) is 0 Å². The summed E-state index contributed by atoms with van der Waals surface area (Å²) in [6.07, 6.45) is 5.79. The van der Waals surface area contributed by atoms with Crippen LogP contribution in [0.25, 0.3) is 5.65 Å². The Morgan fingerprint density at radius 2 is 2.24 bits per heavy atom. The minimum atomic E-state index is 0.0661. The largest absolute Gasteiger partial charge is 0.298 e. The van der Waals surface area contributed by atoms with Crippen molar-refractivity contribution in [2.24, 2.45) is 0 Å². The fraction of sp³-hybridized carbons (Fsp3) is 0.417. The van der Waals surface area contributed by atoms with E-state index in [4.69, 9.17) is 0 Å². The maximum Gasteiger partial charge on any atom is 0.196 e. The lowest BCUT2D eigenvalue weighted by Gasteiger charge is -2.18. The highest BCUT2D eigenvalue weighted by atomic mass is 32.2. The fourth-order valence-electron chi connectivity index (χ4n) is 2.10. The summed E-state index contributed by atoms with van der Waals surface area (Å²) in [5.41, 5.74) is 0.832. The molecule has 4 nitrogen and oxygen atoms in total. The lowest BCUT2D eigenvalue weighted by molar-refractivity contribution is -0.119. The van der Waals surface area contributed by atoms with Gasteiger partial charge in [0.2, 0.25) is 0 Å². The molecule has 1 aliphatic rings. The zero-order valence-electron chi connectivity index (χ0n) is 9.37. The molecular formula is C12H13N3OS. The number of pyridine rings is 1. The minimum Gasteiger partial charge on any atom is -0.298 e. The van der Waals surface area contributed by atoms with Crippen LogP contribution in [-0.2, 0) is 4.79 Å². The number of carbonyl (C=O) groups excluding carboxylic acids is 1. The molecule has 1 saturated carbocycles. The summed E-state index contributed by atoms with van der Waals surface area (Å²) in [6.45, 7) is 0. The zero-order chi connectivity index (χ0) is 11.7. The number of aromatic nitrogens is 3. The summed E-state index contributed by atoms with van der Waals surface area (Å²) in [5.74, 6) is 0.355. The summed E-state index contributed by atoms with van der Waals surface area (Å²) in [6, 6.07) is 5.80. The number of hydrogen-bond donors (Lipinski definition) is 0. The number of Topliss-reactive ketones (excluding diaryl/α,β-unsaturated/α-hetero) is 1. The van der Waals surface area contributed by atoms with Gasteiger partial charge in [0, 0.05) is 12.6 Å². The van der Waals surface area contributed by atoms with E-state index >= 15 is 0 Å². The van der Waals surface area contributed by atoms with Gasteiger partial charge in [0.15, 0.2) is 10.8 Å². The highest BCUT2D eigenvalue weighted by Gasteiger charge is 2.24. The van der Waals surface area contributed by atoms with Crippen molar-refractivity contribution in [1.82, 2.24) is 14.6 Å². The third kappa shape index (κ3) is 2.07. The van der Waals surface area contributed by atoms with Crippen molar-refractivity contribution in [3.63, 3.8) is 0 Å².